The fraction of sp³-hybridized carbons (Fsp3) is 0.933. The van der Waals surface area contributed by atoms with Gasteiger partial charge in [-0.3, -0.25) is 4.79 Å². The number of hydrogen-bond donors (Lipinski definition) is 2. The molecule has 2 rings (SSSR count). The summed E-state index contributed by atoms with van der Waals surface area (Å²) in [5.74, 6) is 1.65. The molecule has 0 spiro atoms. The molecule has 2 aliphatic rings. The zero-order chi connectivity index (χ0) is 13.9. The number of rotatable bonds is 10. The van der Waals surface area contributed by atoms with Crippen molar-refractivity contribution in [3.8, 4) is 0 Å². The maximum absolute atomic E-state index is 11.4. The number of carbonyl (C=O) groups excluding carboxylic acids is 1. The predicted octanol–water partition coefficient (Wildman–Crippen LogP) is 1.35. The molecule has 0 aliphatic heterocycles. The average Bonchev–Trinajstić information content (AvgIpc) is 3.24. The summed E-state index contributed by atoms with van der Waals surface area (Å²) in [6, 6.07) is 0. The van der Waals surface area contributed by atoms with E-state index in [1.807, 2.05) is 14.0 Å². The molecule has 1 atom stereocenters. The van der Waals surface area contributed by atoms with Crippen molar-refractivity contribution in [3.05, 3.63) is 0 Å². The predicted molar refractivity (Wildman–Crippen MR) is 77.8 cm³/mol. The minimum Gasteiger partial charge on any atom is -0.368 e. The summed E-state index contributed by atoms with van der Waals surface area (Å²) in [4.78, 5) is 14.1. The monoisotopic (exact) mass is 267 g/mol. The Morgan fingerprint density at radius 2 is 1.79 bits per heavy atom. The quantitative estimate of drug-likeness (QED) is 0.628. The second-order valence-corrected chi connectivity index (χ2v) is 6.70. The third-order valence-corrected chi connectivity index (χ3v) is 4.67. The molecule has 110 valence electrons. The molecule has 4 nitrogen and oxygen atoms in total. The number of nitrogens with two attached hydrogens (primary N) is 1. The van der Waals surface area contributed by atoms with E-state index in [1.165, 1.54) is 38.8 Å². The van der Waals surface area contributed by atoms with Gasteiger partial charge in [0.15, 0.2) is 0 Å². The molecule has 0 aromatic rings. The van der Waals surface area contributed by atoms with E-state index in [-0.39, 0.29) is 5.91 Å². The van der Waals surface area contributed by atoms with Crippen LogP contribution in [-0.4, -0.2) is 43.0 Å². The Kier molecular flexibility index (Phi) is 4.85. The van der Waals surface area contributed by atoms with E-state index in [4.69, 9.17) is 5.73 Å². The Balaban J connectivity index is 1.72. The molecule has 2 aliphatic carbocycles. The number of likely N-dealkylation sites (N-methyl/N-ethyl adjacent to an activating group) is 1. The van der Waals surface area contributed by atoms with Gasteiger partial charge in [0.2, 0.25) is 5.91 Å². The number of hydrogen-bond acceptors (Lipinski definition) is 3. The molecule has 1 unspecified atom stereocenters. The van der Waals surface area contributed by atoms with Crippen molar-refractivity contribution in [1.82, 2.24) is 10.2 Å². The lowest BCUT2D eigenvalue weighted by Crippen LogP contribution is -2.51. The molecule has 1 amide bonds. The first-order valence-electron chi connectivity index (χ1n) is 7.74. The van der Waals surface area contributed by atoms with E-state index in [2.05, 4.69) is 10.2 Å². The molecule has 4 heteroatoms. The van der Waals surface area contributed by atoms with Crippen molar-refractivity contribution in [2.45, 2.75) is 51.0 Å². The van der Waals surface area contributed by atoms with Crippen molar-refractivity contribution in [2.75, 3.05) is 26.7 Å². The molecule has 3 N–H and O–H groups in total. The summed E-state index contributed by atoms with van der Waals surface area (Å²) < 4.78 is 0. The number of primary amides is 1. The molecule has 0 bridgehead atoms. The zero-order valence-corrected chi connectivity index (χ0v) is 12.5. The van der Waals surface area contributed by atoms with Crippen molar-refractivity contribution in [3.63, 3.8) is 0 Å². The summed E-state index contributed by atoms with van der Waals surface area (Å²) >= 11 is 0. The SMILES string of the molecule is CNC(C)(CCCN(CC1CC1)CC1CC1)C(N)=O. The normalized spacial score (nSPS) is 22.5. The van der Waals surface area contributed by atoms with Gasteiger partial charge in [-0.2, -0.15) is 0 Å². The largest absolute Gasteiger partial charge is 0.368 e. The molecular formula is C15H29N3O. The van der Waals surface area contributed by atoms with Gasteiger partial charge >= 0.3 is 0 Å². The highest BCUT2D eigenvalue weighted by Crippen LogP contribution is 2.33. The van der Waals surface area contributed by atoms with Crippen LogP contribution >= 0.6 is 0 Å². The van der Waals surface area contributed by atoms with Gasteiger partial charge in [0.25, 0.3) is 0 Å². The standard InChI is InChI=1S/C15H29N3O/c1-15(17-2,14(16)19)8-3-9-18(10-12-4-5-12)11-13-6-7-13/h12-13,17H,3-11H2,1-2H3,(H2,16,19). The lowest BCUT2D eigenvalue weighted by molar-refractivity contribution is -0.123. The number of amides is 1. The van der Waals surface area contributed by atoms with Crippen LogP contribution in [0.3, 0.4) is 0 Å². The molecule has 19 heavy (non-hydrogen) atoms. The third-order valence-electron chi connectivity index (χ3n) is 4.67. The first-order valence-corrected chi connectivity index (χ1v) is 7.74. The van der Waals surface area contributed by atoms with Crippen molar-refractivity contribution >= 4 is 5.91 Å². The van der Waals surface area contributed by atoms with Gasteiger partial charge in [-0.25, -0.2) is 0 Å². The summed E-state index contributed by atoms with van der Waals surface area (Å²) in [6.07, 6.45) is 7.52. The first kappa shape index (κ1) is 14.8. The topological polar surface area (TPSA) is 58.4 Å². The lowest BCUT2D eigenvalue weighted by atomic mass is 9.95. The van der Waals surface area contributed by atoms with Crippen LogP contribution in [0.4, 0.5) is 0 Å². The molecule has 2 fully saturated rings. The van der Waals surface area contributed by atoms with Gasteiger partial charge in [0.05, 0.1) is 5.54 Å². The molecule has 0 saturated heterocycles. The summed E-state index contributed by atoms with van der Waals surface area (Å²) in [5, 5.41) is 3.06. The van der Waals surface area contributed by atoms with E-state index in [0.29, 0.717) is 0 Å². The highest BCUT2D eigenvalue weighted by molar-refractivity contribution is 5.84. The third kappa shape index (κ3) is 4.77. The van der Waals surface area contributed by atoms with E-state index in [0.717, 1.165) is 31.2 Å². The van der Waals surface area contributed by atoms with Crippen LogP contribution in [0.15, 0.2) is 0 Å². The first-order chi connectivity index (χ1) is 9.03. The summed E-state index contributed by atoms with van der Waals surface area (Å²) in [5.41, 5.74) is 4.91. The van der Waals surface area contributed by atoms with Crippen LogP contribution in [0.1, 0.15) is 45.4 Å². The van der Waals surface area contributed by atoms with Crippen molar-refractivity contribution < 1.29 is 4.79 Å². The second kappa shape index (κ2) is 6.23. The number of carbonyl (C=O) groups is 1. The Hall–Kier alpha value is -0.610. The average molecular weight is 267 g/mol. The Bertz CT molecular complexity index is 299. The van der Waals surface area contributed by atoms with Crippen LogP contribution in [-0.2, 0) is 4.79 Å². The van der Waals surface area contributed by atoms with Gasteiger partial charge in [0, 0.05) is 13.1 Å². The maximum Gasteiger partial charge on any atom is 0.237 e. The minimum absolute atomic E-state index is 0.245. The van der Waals surface area contributed by atoms with Gasteiger partial charge < -0.3 is 16.0 Å². The molecule has 0 radical (unpaired) electrons. The second-order valence-electron chi connectivity index (χ2n) is 6.70. The molecular weight excluding hydrogens is 238 g/mol. The smallest absolute Gasteiger partial charge is 0.237 e. The summed E-state index contributed by atoms with van der Waals surface area (Å²) in [7, 11) is 1.82. The Morgan fingerprint density at radius 3 is 2.16 bits per heavy atom. The highest BCUT2D eigenvalue weighted by Gasteiger charge is 2.31. The molecule has 0 heterocycles. The van der Waals surface area contributed by atoms with Gasteiger partial charge in [-0.05, 0) is 70.9 Å². The zero-order valence-electron chi connectivity index (χ0n) is 12.5. The minimum atomic E-state index is -0.551. The van der Waals surface area contributed by atoms with Crippen LogP contribution in [0.5, 0.6) is 0 Å². The fourth-order valence-corrected chi connectivity index (χ4v) is 2.62. The Morgan fingerprint density at radius 1 is 1.26 bits per heavy atom. The van der Waals surface area contributed by atoms with Crippen molar-refractivity contribution in [2.24, 2.45) is 17.6 Å². The van der Waals surface area contributed by atoms with Gasteiger partial charge in [0.1, 0.15) is 0 Å². The van der Waals surface area contributed by atoms with E-state index in [9.17, 15) is 4.79 Å². The lowest BCUT2D eigenvalue weighted by Gasteiger charge is -2.28. The van der Waals surface area contributed by atoms with Crippen LogP contribution < -0.4 is 11.1 Å². The molecule has 0 aromatic heterocycles. The van der Waals surface area contributed by atoms with E-state index < -0.39 is 5.54 Å². The molecule has 2 saturated carbocycles. The van der Waals surface area contributed by atoms with Crippen LogP contribution in [0.25, 0.3) is 0 Å². The summed E-state index contributed by atoms with van der Waals surface area (Å²) in [6.45, 7) is 5.55. The van der Waals surface area contributed by atoms with Crippen LogP contribution in [0.2, 0.25) is 0 Å². The number of nitrogens with one attached hydrogen (secondary N) is 1. The van der Waals surface area contributed by atoms with Gasteiger partial charge in [-0.15, -0.1) is 0 Å². The molecule has 0 aromatic carbocycles. The highest BCUT2D eigenvalue weighted by atomic mass is 16.1. The maximum atomic E-state index is 11.4. The van der Waals surface area contributed by atoms with Crippen molar-refractivity contribution in [1.29, 1.82) is 0 Å². The van der Waals surface area contributed by atoms with Crippen LogP contribution in [0, 0.1) is 11.8 Å². The number of nitrogens with zero attached hydrogens (tertiary/aromatic N) is 1. The van der Waals surface area contributed by atoms with E-state index in [1.54, 1.807) is 0 Å². The van der Waals surface area contributed by atoms with Gasteiger partial charge in [-0.1, -0.05) is 0 Å². The fourth-order valence-electron chi connectivity index (χ4n) is 2.62. The Labute approximate surface area is 117 Å². The van der Waals surface area contributed by atoms with E-state index >= 15 is 0 Å².